The SMILES string of the molecule is CCOC(=O)c1cn(Cc2ccccc2OC)c2sc(-c3ccc(OC)cc3)c(CN(C)Cc3ccc(OC)c(OC)c3OC)c2c1=O. The van der Waals surface area contributed by atoms with Crippen molar-refractivity contribution >= 4 is 27.5 Å². The van der Waals surface area contributed by atoms with Crippen LogP contribution < -0.4 is 29.1 Å². The number of esters is 1. The molecule has 10 nitrogen and oxygen atoms in total. The third kappa shape index (κ3) is 6.83. The van der Waals surface area contributed by atoms with E-state index in [0.29, 0.717) is 48.0 Å². The fraction of sp³-hybridized carbons (Fsp3) is 0.297. The monoisotopic (exact) mass is 672 g/mol. The summed E-state index contributed by atoms with van der Waals surface area (Å²) in [5, 5.41) is 0.470. The maximum atomic E-state index is 14.3. The van der Waals surface area contributed by atoms with E-state index in [9.17, 15) is 9.59 Å². The highest BCUT2D eigenvalue weighted by Gasteiger charge is 2.26. The molecule has 0 N–H and O–H groups in total. The second kappa shape index (κ2) is 15.3. The van der Waals surface area contributed by atoms with Crippen molar-refractivity contribution in [2.45, 2.75) is 26.6 Å². The molecule has 0 aliphatic carbocycles. The van der Waals surface area contributed by atoms with Crippen LogP contribution in [0.1, 0.15) is 34.0 Å². The van der Waals surface area contributed by atoms with Gasteiger partial charge in [0.1, 0.15) is 21.9 Å². The van der Waals surface area contributed by atoms with Crippen LogP contribution in [0.2, 0.25) is 0 Å². The molecule has 0 atom stereocenters. The van der Waals surface area contributed by atoms with E-state index in [2.05, 4.69) is 4.90 Å². The Morgan fingerprint density at radius 3 is 2.15 bits per heavy atom. The molecule has 2 heterocycles. The van der Waals surface area contributed by atoms with E-state index in [1.165, 1.54) is 11.3 Å². The third-order valence-electron chi connectivity index (χ3n) is 8.04. The normalized spacial score (nSPS) is 11.1. The van der Waals surface area contributed by atoms with Gasteiger partial charge >= 0.3 is 5.97 Å². The van der Waals surface area contributed by atoms with Gasteiger partial charge in [-0.2, -0.15) is 0 Å². The highest BCUT2D eigenvalue weighted by Crippen LogP contribution is 2.42. The number of hydrogen-bond donors (Lipinski definition) is 0. The Morgan fingerprint density at radius 2 is 1.50 bits per heavy atom. The average Bonchev–Trinajstić information content (AvgIpc) is 3.48. The summed E-state index contributed by atoms with van der Waals surface area (Å²) in [4.78, 5) is 31.3. The summed E-state index contributed by atoms with van der Waals surface area (Å²) in [5.41, 5.74) is 3.10. The largest absolute Gasteiger partial charge is 0.497 e. The van der Waals surface area contributed by atoms with Crippen LogP contribution in [0.4, 0.5) is 0 Å². The Balaban J connectivity index is 1.71. The molecule has 0 unspecified atom stereocenters. The number of carbonyl (C=O) groups excluding carboxylic acids is 1. The lowest BCUT2D eigenvalue weighted by atomic mass is 10.0. The maximum Gasteiger partial charge on any atom is 0.343 e. The molecule has 0 radical (unpaired) electrons. The van der Waals surface area contributed by atoms with Crippen molar-refractivity contribution in [1.82, 2.24) is 9.47 Å². The number of nitrogens with zero attached hydrogens (tertiary/aromatic N) is 2. The first-order chi connectivity index (χ1) is 23.3. The molecule has 0 amide bonds. The number of benzene rings is 3. The minimum absolute atomic E-state index is 0.0243. The molecule has 48 heavy (non-hydrogen) atoms. The lowest BCUT2D eigenvalue weighted by Gasteiger charge is -2.21. The first kappa shape index (κ1) is 34.3. The fourth-order valence-corrected chi connectivity index (χ4v) is 7.11. The number of thiophene rings is 1. The van der Waals surface area contributed by atoms with Gasteiger partial charge in [0.05, 0.1) is 54.1 Å². The Labute approximate surface area is 283 Å². The predicted octanol–water partition coefficient (Wildman–Crippen LogP) is 6.63. The minimum atomic E-state index is -0.662. The van der Waals surface area contributed by atoms with Crippen LogP contribution >= 0.6 is 11.3 Å². The predicted molar refractivity (Wildman–Crippen MR) is 187 cm³/mol. The molecule has 11 heteroatoms. The Bertz CT molecular complexity index is 1970. The summed E-state index contributed by atoms with van der Waals surface area (Å²) >= 11 is 1.51. The summed E-state index contributed by atoms with van der Waals surface area (Å²) in [7, 11) is 9.97. The van der Waals surface area contributed by atoms with Crippen molar-refractivity contribution in [1.29, 1.82) is 0 Å². The highest BCUT2D eigenvalue weighted by atomic mass is 32.1. The molecule has 5 aromatic rings. The van der Waals surface area contributed by atoms with Gasteiger partial charge in [-0.1, -0.05) is 24.3 Å². The quantitative estimate of drug-likeness (QED) is 0.120. The topological polar surface area (TPSA) is 97.7 Å². The first-order valence-corrected chi connectivity index (χ1v) is 16.2. The molecular weight excluding hydrogens is 632 g/mol. The van der Waals surface area contributed by atoms with Crippen molar-refractivity contribution in [3.05, 3.63) is 99.3 Å². The molecule has 0 spiro atoms. The van der Waals surface area contributed by atoms with Crippen LogP contribution in [-0.2, 0) is 24.4 Å². The van der Waals surface area contributed by atoms with E-state index in [0.717, 1.165) is 37.7 Å². The zero-order chi connectivity index (χ0) is 34.4. The van der Waals surface area contributed by atoms with Gasteiger partial charge in [-0.15, -0.1) is 11.3 Å². The van der Waals surface area contributed by atoms with Crippen LogP contribution in [0, 0.1) is 0 Å². The van der Waals surface area contributed by atoms with Crippen molar-refractivity contribution in [2.24, 2.45) is 0 Å². The molecule has 5 rings (SSSR count). The standard InChI is InChI=1S/C37H40N2O8S/c1-8-47-37(41)28-22-39(20-24-11-9-10-12-29(24)43-4)36-31(32(28)40)27(35(48-36)23-13-16-26(42-3)17-14-23)21-38(2)19-25-15-18-30(44-5)34(46-7)33(25)45-6/h9-18,22H,8,19-21H2,1-7H3. The summed E-state index contributed by atoms with van der Waals surface area (Å²) in [6.45, 7) is 3.09. The number of fused-ring (bicyclic) bond motifs is 1. The van der Waals surface area contributed by atoms with Gasteiger partial charge in [-0.25, -0.2) is 4.79 Å². The van der Waals surface area contributed by atoms with Crippen LogP contribution in [0.3, 0.4) is 0 Å². The van der Waals surface area contributed by atoms with Gasteiger partial charge < -0.3 is 33.0 Å². The van der Waals surface area contributed by atoms with Crippen LogP contribution in [0.25, 0.3) is 20.7 Å². The zero-order valence-corrected chi connectivity index (χ0v) is 29.1. The molecule has 3 aromatic carbocycles. The van der Waals surface area contributed by atoms with Gasteiger partial charge in [0.2, 0.25) is 11.2 Å². The summed E-state index contributed by atoms with van der Waals surface area (Å²) in [6.07, 6.45) is 1.60. The average molecular weight is 673 g/mol. The van der Waals surface area contributed by atoms with E-state index in [1.54, 1.807) is 48.7 Å². The van der Waals surface area contributed by atoms with E-state index in [4.69, 9.17) is 28.4 Å². The molecule has 0 aliphatic rings. The Kier molecular flexibility index (Phi) is 10.9. The summed E-state index contributed by atoms with van der Waals surface area (Å²) < 4.78 is 35.2. The first-order valence-electron chi connectivity index (χ1n) is 15.4. The number of aromatic nitrogens is 1. The fourth-order valence-electron chi connectivity index (χ4n) is 5.82. The molecule has 2 aromatic heterocycles. The number of methoxy groups -OCH3 is 5. The molecular formula is C37H40N2O8S. The van der Waals surface area contributed by atoms with Gasteiger partial charge in [0.15, 0.2) is 11.5 Å². The van der Waals surface area contributed by atoms with Crippen LogP contribution in [0.5, 0.6) is 28.7 Å². The van der Waals surface area contributed by atoms with Gasteiger partial charge in [-0.05, 0) is 61.5 Å². The number of hydrogen-bond acceptors (Lipinski definition) is 10. The smallest absolute Gasteiger partial charge is 0.343 e. The summed E-state index contributed by atoms with van der Waals surface area (Å²) in [5.74, 6) is 2.40. The van der Waals surface area contributed by atoms with Gasteiger partial charge in [0, 0.05) is 35.3 Å². The molecule has 0 fully saturated rings. The third-order valence-corrected chi connectivity index (χ3v) is 9.36. The maximum absolute atomic E-state index is 14.3. The number of rotatable bonds is 14. The number of pyridine rings is 1. The second-order valence-corrected chi connectivity index (χ2v) is 12.0. The van der Waals surface area contributed by atoms with Crippen molar-refractivity contribution in [2.75, 3.05) is 49.2 Å². The van der Waals surface area contributed by atoms with E-state index < -0.39 is 5.97 Å². The summed E-state index contributed by atoms with van der Waals surface area (Å²) in [6, 6.07) is 19.2. The van der Waals surface area contributed by atoms with Crippen LogP contribution in [-0.4, -0.2) is 64.6 Å². The molecule has 0 saturated heterocycles. The van der Waals surface area contributed by atoms with Gasteiger partial charge in [0.25, 0.3) is 0 Å². The van der Waals surface area contributed by atoms with E-state index >= 15 is 0 Å². The highest BCUT2D eigenvalue weighted by molar-refractivity contribution is 7.22. The molecule has 252 valence electrons. The van der Waals surface area contributed by atoms with Crippen LogP contribution in [0.15, 0.2) is 71.7 Å². The van der Waals surface area contributed by atoms with E-state index in [1.807, 2.05) is 72.3 Å². The number of para-hydroxylation sites is 1. The minimum Gasteiger partial charge on any atom is -0.497 e. The van der Waals surface area contributed by atoms with Crippen molar-refractivity contribution in [3.8, 4) is 39.2 Å². The lowest BCUT2D eigenvalue weighted by molar-refractivity contribution is 0.0524. The molecule has 0 saturated carbocycles. The van der Waals surface area contributed by atoms with E-state index in [-0.39, 0.29) is 17.6 Å². The Morgan fingerprint density at radius 1 is 0.792 bits per heavy atom. The zero-order valence-electron chi connectivity index (χ0n) is 28.2. The Hall–Kier alpha value is -5.00. The number of carbonyl (C=O) groups is 1. The second-order valence-electron chi connectivity index (χ2n) is 11.0. The van der Waals surface area contributed by atoms with Gasteiger partial charge in [-0.3, -0.25) is 9.69 Å². The molecule has 0 bridgehead atoms. The van der Waals surface area contributed by atoms with Crippen molar-refractivity contribution in [3.63, 3.8) is 0 Å². The molecule has 0 aliphatic heterocycles. The lowest BCUT2D eigenvalue weighted by Crippen LogP contribution is -2.23. The number of ether oxygens (including phenoxy) is 6. The van der Waals surface area contributed by atoms with Crippen molar-refractivity contribution < 1.29 is 33.2 Å².